The second kappa shape index (κ2) is 12.4. The van der Waals surface area contributed by atoms with Crippen LogP contribution in [0.15, 0.2) is 23.2 Å². The first kappa shape index (κ1) is 23.9. The first-order valence-electron chi connectivity index (χ1n) is 9.68. The Morgan fingerprint density at radius 2 is 1.93 bits per heavy atom. The summed E-state index contributed by atoms with van der Waals surface area (Å²) in [5, 5.41) is 15.9. The number of guanidine groups is 1. The molecule has 0 bridgehead atoms. The number of methoxy groups -OCH3 is 1. The number of halogens is 2. The molecule has 3 N–H and O–H groups in total. The molecule has 1 aromatic rings. The lowest BCUT2D eigenvalue weighted by molar-refractivity contribution is -0.0504. The molecule has 0 fully saturated rings. The highest BCUT2D eigenvalue weighted by molar-refractivity contribution is 5.79. The zero-order valence-corrected chi connectivity index (χ0v) is 17.2. The Bertz CT molecular complexity index is 608. The van der Waals surface area contributed by atoms with Crippen molar-refractivity contribution in [1.29, 1.82) is 0 Å². The van der Waals surface area contributed by atoms with Crippen LogP contribution in [0.5, 0.6) is 11.5 Å². The molecule has 0 saturated heterocycles. The fourth-order valence-electron chi connectivity index (χ4n) is 2.97. The molecular formula is C20H33F2N3O3. The van der Waals surface area contributed by atoms with Gasteiger partial charge in [-0.3, -0.25) is 0 Å². The highest BCUT2D eigenvalue weighted by Gasteiger charge is 2.25. The summed E-state index contributed by atoms with van der Waals surface area (Å²) in [5.74, 6) is 1.20. The van der Waals surface area contributed by atoms with Gasteiger partial charge in [-0.25, -0.2) is 4.99 Å². The second-order valence-electron chi connectivity index (χ2n) is 6.58. The molecule has 0 aliphatic heterocycles. The quantitative estimate of drug-likeness (QED) is 0.369. The maximum Gasteiger partial charge on any atom is 0.387 e. The Labute approximate surface area is 166 Å². The minimum atomic E-state index is -2.91. The maximum absolute atomic E-state index is 12.7. The third-order valence-electron chi connectivity index (χ3n) is 5.01. The lowest BCUT2D eigenvalue weighted by Gasteiger charge is -2.32. The van der Waals surface area contributed by atoms with Gasteiger partial charge in [0, 0.05) is 25.3 Å². The molecule has 8 heteroatoms. The third-order valence-corrected chi connectivity index (χ3v) is 5.01. The second-order valence-corrected chi connectivity index (χ2v) is 6.58. The van der Waals surface area contributed by atoms with E-state index in [-0.39, 0.29) is 24.3 Å². The highest BCUT2D eigenvalue weighted by atomic mass is 19.3. The summed E-state index contributed by atoms with van der Waals surface area (Å²) in [4.78, 5) is 4.51. The van der Waals surface area contributed by atoms with Gasteiger partial charge in [0.25, 0.3) is 0 Å². The Kier molecular flexibility index (Phi) is 10.6. The molecule has 1 rings (SSSR count). The van der Waals surface area contributed by atoms with E-state index in [1.807, 2.05) is 6.92 Å². The zero-order chi connectivity index (χ0) is 21.0. The molecule has 0 saturated carbocycles. The van der Waals surface area contributed by atoms with Gasteiger partial charge >= 0.3 is 6.61 Å². The molecule has 1 aromatic carbocycles. The molecule has 0 atom stereocenters. The lowest BCUT2D eigenvalue weighted by Crippen LogP contribution is -2.43. The van der Waals surface area contributed by atoms with Crippen LogP contribution in [0, 0.1) is 5.41 Å². The molecule has 0 radical (unpaired) electrons. The average Bonchev–Trinajstić information content (AvgIpc) is 2.69. The summed E-state index contributed by atoms with van der Waals surface area (Å²) in [6, 6.07) is 4.66. The Hall–Kier alpha value is -2.09. The minimum absolute atomic E-state index is 0.0230. The summed E-state index contributed by atoms with van der Waals surface area (Å²) in [6.45, 7) is 4.87. The zero-order valence-electron chi connectivity index (χ0n) is 17.2. The Morgan fingerprint density at radius 1 is 1.21 bits per heavy atom. The average molecular weight is 401 g/mol. The van der Waals surface area contributed by atoms with E-state index in [9.17, 15) is 13.9 Å². The molecule has 6 nitrogen and oxygen atoms in total. The van der Waals surface area contributed by atoms with E-state index in [1.54, 1.807) is 12.1 Å². The summed E-state index contributed by atoms with van der Waals surface area (Å²) < 4.78 is 35.1. The SMILES string of the molecule is CCNC(=NCc1cc(OC)ccc1OC(F)F)NCC(CC)(CC)CCO. The molecule has 0 spiro atoms. The van der Waals surface area contributed by atoms with Crippen LogP contribution in [0.2, 0.25) is 0 Å². The van der Waals surface area contributed by atoms with Crippen molar-refractivity contribution in [3.05, 3.63) is 23.8 Å². The number of alkyl halides is 2. The minimum Gasteiger partial charge on any atom is -0.497 e. The number of nitrogens with one attached hydrogen (secondary N) is 2. The van der Waals surface area contributed by atoms with Crippen molar-refractivity contribution >= 4 is 5.96 Å². The van der Waals surface area contributed by atoms with Gasteiger partial charge in [0.1, 0.15) is 11.5 Å². The Morgan fingerprint density at radius 3 is 2.46 bits per heavy atom. The summed E-state index contributed by atoms with van der Waals surface area (Å²) in [5.41, 5.74) is 0.481. The normalized spacial score (nSPS) is 12.2. The number of aliphatic hydroxyl groups is 1. The number of aliphatic imine (C=N–C) groups is 1. The van der Waals surface area contributed by atoms with Crippen molar-refractivity contribution in [3.8, 4) is 11.5 Å². The van der Waals surface area contributed by atoms with Crippen molar-refractivity contribution in [3.63, 3.8) is 0 Å². The fourth-order valence-corrected chi connectivity index (χ4v) is 2.97. The monoisotopic (exact) mass is 401 g/mol. The topological polar surface area (TPSA) is 75.1 Å². The third kappa shape index (κ3) is 7.50. The van der Waals surface area contributed by atoms with E-state index >= 15 is 0 Å². The van der Waals surface area contributed by atoms with Crippen molar-refractivity contribution in [2.45, 2.75) is 53.2 Å². The van der Waals surface area contributed by atoms with Crippen LogP contribution in [0.1, 0.15) is 45.6 Å². The van der Waals surface area contributed by atoms with Gasteiger partial charge < -0.3 is 25.2 Å². The van der Waals surface area contributed by atoms with E-state index < -0.39 is 6.61 Å². The molecule has 0 amide bonds. The number of ether oxygens (including phenoxy) is 2. The largest absolute Gasteiger partial charge is 0.497 e. The predicted octanol–water partition coefficient (Wildman–Crippen LogP) is 3.54. The fraction of sp³-hybridized carbons (Fsp3) is 0.650. The van der Waals surface area contributed by atoms with Gasteiger partial charge in [-0.15, -0.1) is 0 Å². The lowest BCUT2D eigenvalue weighted by atomic mass is 9.79. The van der Waals surface area contributed by atoms with E-state index in [1.165, 1.54) is 13.2 Å². The van der Waals surface area contributed by atoms with Crippen LogP contribution in [-0.4, -0.2) is 44.5 Å². The van der Waals surface area contributed by atoms with Gasteiger partial charge in [0.15, 0.2) is 5.96 Å². The number of hydrogen-bond donors (Lipinski definition) is 3. The molecule has 0 aromatic heterocycles. The van der Waals surface area contributed by atoms with Crippen LogP contribution >= 0.6 is 0 Å². The molecule has 0 aliphatic rings. The van der Waals surface area contributed by atoms with Gasteiger partial charge in [0.2, 0.25) is 0 Å². The molecule has 0 aliphatic carbocycles. The van der Waals surface area contributed by atoms with Gasteiger partial charge in [0.05, 0.1) is 13.7 Å². The van der Waals surface area contributed by atoms with Crippen LogP contribution in [0.25, 0.3) is 0 Å². The van der Waals surface area contributed by atoms with Gasteiger partial charge in [-0.2, -0.15) is 8.78 Å². The highest BCUT2D eigenvalue weighted by Crippen LogP contribution is 2.29. The smallest absolute Gasteiger partial charge is 0.387 e. The number of nitrogens with zero attached hydrogens (tertiary/aromatic N) is 1. The summed E-state index contributed by atoms with van der Waals surface area (Å²) in [6.07, 6.45) is 2.56. The van der Waals surface area contributed by atoms with Crippen molar-refractivity contribution < 1.29 is 23.4 Å². The molecule has 0 heterocycles. The Balaban J connectivity index is 2.97. The van der Waals surface area contributed by atoms with Crippen LogP contribution in [-0.2, 0) is 6.54 Å². The van der Waals surface area contributed by atoms with E-state index in [2.05, 4.69) is 34.2 Å². The van der Waals surface area contributed by atoms with E-state index in [4.69, 9.17) is 4.74 Å². The van der Waals surface area contributed by atoms with Crippen molar-refractivity contribution in [1.82, 2.24) is 10.6 Å². The first-order chi connectivity index (χ1) is 13.4. The van der Waals surface area contributed by atoms with Gasteiger partial charge in [-0.1, -0.05) is 13.8 Å². The van der Waals surface area contributed by atoms with Crippen molar-refractivity contribution in [2.24, 2.45) is 10.4 Å². The number of hydrogen-bond acceptors (Lipinski definition) is 4. The van der Waals surface area contributed by atoms with Gasteiger partial charge in [-0.05, 0) is 49.8 Å². The summed E-state index contributed by atoms with van der Waals surface area (Å²) >= 11 is 0. The maximum atomic E-state index is 12.7. The number of rotatable bonds is 12. The van der Waals surface area contributed by atoms with E-state index in [0.717, 1.165) is 12.8 Å². The number of aliphatic hydroxyl groups excluding tert-OH is 1. The first-order valence-corrected chi connectivity index (χ1v) is 9.68. The standard InChI is InChI=1S/C20H33F2N3O3/c1-5-20(6-2,10-11-26)14-25-19(23-7-3)24-13-15-12-16(27-4)8-9-17(15)28-18(21)22/h8-9,12,18,26H,5-7,10-11,13-14H2,1-4H3,(H2,23,24,25). The molecular weight excluding hydrogens is 368 g/mol. The molecule has 160 valence electrons. The summed E-state index contributed by atoms with van der Waals surface area (Å²) in [7, 11) is 1.51. The van der Waals surface area contributed by atoms with Crippen LogP contribution in [0.4, 0.5) is 8.78 Å². The van der Waals surface area contributed by atoms with Crippen molar-refractivity contribution in [2.75, 3.05) is 26.8 Å². The van der Waals surface area contributed by atoms with Crippen LogP contribution in [0.3, 0.4) is 0 Å². The van der Waals surface area contributed by atoms with E-state index in [0.29, 0.717) is 36.8 Å². The molecule has 28 heavy (non-hydrogen) atoms. The molecule has 0 unspecified atom stereocenters. The predicted molar refractivity (Wildman–Crippen MR) is 107 cm³/mol. The van der Waals surface area contributed by atoms with Crippen LogP contribution < -0.4 is 20.1 Å². The number of benzene rings is 1.